The molecule has 2 saturated heterocycles. The highest BCUT2D eigenvalue weighted by atomic mass is 32.5. The van der Waals surface area contributed by atoms with Crippen LogP contribution in [0.1, 0.15) is 13.8 Å². The highest BCUT2D eigenvalue weighted by Crippen LogP contribution is 2.50. The van der Waals surface area contributed by atoms with Gasteiger partial charge in [0, 0.05) is 12.0 Å². The standard InChI is InChI=1S/C14H24B2FO10P2S/c1-6(2)24-11-8(26-13(15)10(11)18)5-22-28(3,19)27-12-9(17)7(25-14(12)16)4-23-29(20,21)30/h6-14,18H,3-5H2,1-2H3,(H2,20,21,30)/q-1/p-1/t7-,8-,9-,10?,11+,12?,13-,14-,28?/m1/s1. The lowest BCUT2D eigenvalue weighted by Gasteiger charge is -2.29. The first-order valence-electron chi connectivity index (χ1n) is 8.95. The van der Waals surface area contributed by atoms with E-state index in [1.165, 1.54) is 0 Å². The maximum atomic E-state index is 14.5. The number of aliphatic hydroxyl groups is 1. The average molecular weight is 486 g/mol. The van der Waals surface area contributed by atoms with Crippen molar-refractivity contribution in [2.75, 3.05) is 13.2 Å². The van der Waals surface area contributed by atoms with Crippen LogP contribution in [0.3, 0.4) is 0 Å². The Labute approximate surface area is 182 Å². The second-order valence-corrected chi connectivity index (χ2v) is 11.4. The molecule has 4 radical (unpaired) electrons. The van der Waals surface area contributed by atoms with Gasteiger partial charge in [-0.05, 0) is 13.8 Å². The second kappa shape index (κ2) is 10.7. The quantitative estimate of drug-likeness (QED) is 0.229. The van der Waals surface area contributed by atoms with Crippen molar-refractivity contribution in [1.29, 1.82) is 0 Å². The summed E-state index contributed by atoms with van der Waals surface area (Å²) in [5.74, 6) is 0. The fourth-order valence-corrected chi connectivity index (χ4v) is 4.51. The molecule has 16 heteroatoms. The van der Waals surface area contributed by atoms with Crippen LogP contribution in [0.5, 0.6) is 0 Å². The van der Waals surface area contributed by atoms with Crippen LogP contribution < -0.4 is 4.89 Å². The van der Waals surface area contributed by atoms with Gasteiger partial charge in [0.25, 0.3) is 0 Å². The number of halogens is 1. The summed E-state index contributed by atoms with van der Waals surface area (Å²) in [4.78, 5) is 20.0. The third kappa shape index (κ3) is 7.57. The van der Waals surface area contributed by atoms with Gasteiger partial charge in [0.1, 0.15) is 52.9 Å². The van der Waals surface area contributed by atoms with Gasteiger partial charge >= 0.3 is 0 Å². The summed E-state index contributed by atoms with van der Waals surface area (Å²) in [5, 5.41) is 10.1. The van der Waals surface area contributed by atoms with Crippen LogP contribution in [0.25, 0.3) is 0 Å². The van der Waals surface area contributed by atoms with Gasteiger partial charge in [0.15, 0.2) is 13.8 Å². The van der Waals surface area contributed by atoms with Crippen molar-refractivity contribution in [2.24, 2.45) is 0 Å². The van der Waals surface area contributed by atoms with Crippen molar-refractivity contribution >= 4 is 41.8 Å². The first-order chi connectivity index (χ1) is 13.7. The summed E-state index contributed by atoms with van der Waals surface area (Å²) >= 11 is 4.17. The number of hydrogen-bond acceptors (Lipinski definition) is 10. The molecule has 0 aromatic rings. The molecule has 0 spiro atoms. The van der Waals surface area contributed by atoms with E-state index >= 15 is 0 Å². The Kier molecular flexibility index (Phi) is 9.54. The lowest BCUT2D eigenvalue weighted by atomic mass is 9.93. The lowest BCUT2D eigenvalue weighted by molar-refractivity contribution is -0.203. The molecule has 0 aromatic heterocycles. The Hall–Kier alpha value is 0.580. The summed E-state index contributed by atoms with van der Waals surface area (Å²) < 4.78 is 57.8. The van der Waals surface area contributed by atoms with Gasteiger partial charge in [-0.1, -0.05) is 11.8 Å². The fraction of sp³-hybridized carbons (Fsp3) is 0.929. The van der Waals surface area contributed by atoms with E-state index < -0.39 is 69.6 Å². The molecular formula is C14H23B2FO10P2S-2. The Bertz CT molecular complexity index is 673. The molecule has 2 N–H and O–H groups in total. The number of aliphatic hydroxyl groups excluding tert-OH is 1. The van der Waals surface area contributed by atoms with Crippen LogP contribution in [-0.2, 0) is 44.2 Å². The third-order valence-corrected chi connectivity index (χ3v) is 6.14. The van der Waals surface area contributed by atoms with Gasteiger partial charge in [-0.3, -0.25) is 4.57 Å². The average Bonchev–Trinajstić information content (AvgIpc) is 3.01. The van der Waals surface area contributed by atoms with Crippen molar-refractivity contribution < 1.29 is 51.6 Å². The van der Waals surface area contributed by atoms with Crippen molar-refractivity contribution in [2.45, 2.75) is 68.6 Å². The predicted octanol–water partition coefficient (Wildman–Crippen LogP) is -0.754. The molecule has 2 heterocycles. The Morgan fingerprint density at radius 1 is 1.20 bits per heavy atom. The Balaban J connectivity index is 1.93. The predicted molar refractivity (Wildman–Crippen MR) is 106 cm³/mol. The molecule has 0 amide bonds. The summed E-state index contributed by atoms with van der Waals surface area (Å²) in [6.45, 7) is 1.50. The van der Waals surface area contributed by atoms with E-state index in [0.717, 1.165) is 0 Å². The summed E-state index contributed by atoms with van der Waals surface area (Å²) in [5.41, 5.74) is 0. The van der Waals surface area contributed by atoms with Crippen molar-refractivity contribution in [3.05, 3.63) is 6.66 Å². The van der Waals surface area contributed by atoms with Crippen molar-refractivity contribution in [3.63, 3.8) is 0 Å². The largest absolute Gasteiger partial charge is 0.780 e. The molecule has 0 aromatic carbocycles. The van der Waals surface area contributed by atoms with Crippen LogP contribution in [-0.4, -0.2) is 93.7 Å². The molecule has 2 aliphatic heterocycles. The molecule has 10 nitrogen and oxygen atoms in total. The smallest absolute Gasteiger partial charge is 0.185 e. The summed E-state index contributed by atoms with van der Waals surface area (Å²) in [6, 6.07) is -2.41. The van der Waals surface area contributed by atoms with Crippen molar-refractivity contribution in [3.8, 4) is 0 Å². The zero-order valence-corrected chi connectivity index (χ0v) is 18.9. The SMILES string of the molecule is [B][C@@H]1O[C@H](COP([CH2-])(=O)OC2[C@H]([B])O[C@H](COP([O-])(O)=S)[C@H]2F)[C@H](OC(C)C)C1O. The summed E-state index contributed by atoms with van der Waals surface area (Å²) in [6.07, 6.45) is -8.00. The number of ether oxygens (including phenoxy) is 3. The van der Waals surface area contributed by atoms with E-state index in [1.54, 1.807) is 13.8 Å². The molecule has 4 unspecified atom stereocenters. The molecule has 10 atom stereocenters. The van der Waals surface area contributed by atoms with E-state index in [0.29, 0.717) is 0 Å². The number of alkyl halides is 1. The van der Waals surface area contributed by atoms with E-state index in [1.807, 2.05) is 0 Å². The maximum Gasteiger partial charge on any atom is 0.185 e. The molecule has 2 rings (SSSR count). The monoisotopic (exact) mass is 486 g/mol. The van der Waals surface area contributed by atoms with Gasteiger partial charge in [-0.15, -0.1) is 0 Å². The van der Waals surface area contributed by atoms with Gasteiger partial charge in [0.05, 0.1) is 19.3 Å². The molecule has 0 aliphatic carbocycles. The van der Waals surface area contributed by atoms with Crippen LogP contribution in [0.2, 0.25) is 0 Å². The number of hydrogen-bond donors (Lipinski definition) is 2. The van der Waals surface area contributed by atoms with Gasteiger partial charge < -0.3 is 42.7 Å². The molecule has 0 bridgehead atoms. The van der Waals surface area contributed by atoms with Crippen LogP contribution >= 0.6 is 14.3 Å². The zero-order chi connectivity index (χ0) is 22.9. The molecular weight excluding hydrogens is 463 g/mol. The van der Waals surface area contributed by atoms with E-state index in [4.69, 9.17) is 43.8 Å². The molecule has 2 aliphatic rings. The maximum absolute atomic E-state index is 14.5. The third-order valence-electron chi connectivity index (χ3n) is 4.25. The Morgan fingerprint density at radius 2 is 1.77 bits per heavy atom. The minimum atomic E-state index is -4.27. The normalized spacial score (nSPS) is 41.1. The highest BCUT2D eigenvalue weighted by Gasteiger charge is 2.46. The van der Waals surface area contributed by atoms with E-state index in [9.17, 15) is 19.0 Å². The fourth-order valence-electron chi connectivity index (χ4n) is 2.95. The minimum Gasteiger partial charge on any atom is -0.780 e. The van der Waals surface area contributed by atoms with Crippen LogP contribution in [0.4, 0.5) is 4.39 Å². The van der Waals surface area contributed by atoms with Gasteiger partial charge in [0.2, 0.25) is 0 Å². The molecule has 0 saturated carbocycles. The molecule has 30 heavy (non-hydrogen) atoms. The van der Waals surface area contributed by atoms with Gasteiger partial charge in [-0.25, -0.2) is 11.1 Å². The zero-order valence-electron chi connectivity index (χ0n) is 16.3. The van der Waals surface area contributed by atoms with E-state index in [-0.39, 0.29) is 12.7 Å². The van der Waals surface area contributed by atoms with E-state index in [2.05, 4.69) is 23.0 Å². The molecule has 2 fully saturated rings. The first-order valence-corrected chi connectivity index (χ1v) is 13.3. The second-order valence-electron chi connectivity index (χ2n) is 7.10. The number of rotatable bonds is 10. The van der Waals surface area contributed by atoms with Gasteiger partial charge in [-0.2, -0.15) is 0 Å². The van der Waals surface area contributed by atoms with Crippen molar-refractivity contribution in [1.82, 2.24) is 0 Å². The summed E-state index contributed by atoms with van der Waals surface area (Å²) in [7, 11) is 7.17. The van der Waals surface area contributed by atoms with Crippen LogP contribution in [0.15, 0.2) is 0 Å². The Morgan fingerprint density at radius 3 is 2.33 bits per heavy atom. The first kappa shape index (κ1) is 26.8. The lowest BCUT2D eigenvalue weighted by Crippen LogP contribution is -2.39. The highest BCUT2D eigenvalue weighted by molar-refractivity contribution is 8.06. The molecule has 170 valence electrons. The van der Waals surface area contributed by atoms with Crippen LogP contribution in [0, 0.1) is 6.66 Å². The minimum absolute atomic E-state index is 0.256. The topological polar surface area (TPSA) is 136 Å².